The Morgan fingerprint density at radius 3 is 2.60 bits per heavy atom. The van der Waals surface area contributed by atoms with Gasteiger partial charge in [0.1, 0.15) is 0 Å². The van der Waals surface area contributed by atoms with Crippen LogP contribution in [0.1, 0.15) is 18.2 Å². The third-order valence-corrected chi connectivity index (χ3v) is 7.28. The quantitative estimate of drug-likeness (QED) is 0.106. The molecule has 4 aromatic rings. The van der Waals surface area contributed by atoms with Crippen LogP contribution in [0, 0.1) is 17.0 Å². The molecule has 35 heavy (non-hydrogen) atoms. The Morgan fingerprint density at radius 2 is 1.80 bits per heavy atom. The summed E-state index contributed by atoms with van der Waals surface area (Å²) < 4.78 is 0. The second kappa shape index (κ2) is 9.65. The van der Waals surface area contributed by atoms with Crippen LogP contribution in [-0.4, -0.2) is 15.6 Å². The maximum absolute atomic E-state index is 10.8. The first-order chi connectivity index (χ1) is 17.0. The molecule has 0 radical (unpaired) electrons. The maximum atomic E-state index is 10.8. The Kier molecular flexibility index (Phi) is 6.25. The van der Waals surface area contributed by atoms with Gasteiger partial charge in [-0.25, -0.2) is 4.98 Å². The van der Waals surface area contributed by atoms with Gasteiger partial charge in [-0.3, -0.25) is 15.5 Å². The summed E-state index contributed by atoms with van der Waals surface area (Å²) in [6.45, 7) is 3.78. The van der Waals surface area contributed by atoms with Gasteiger partial charge in [0.15, 0.2) is 5.00 Å². The van der Waals surface area contributed by atoms with Crippen LogP contribution >= 0.6 is 23.1 Å². The lowest BCUT2D eigenvalue weighted by molar-refractivity contribution is -0.384. The van der Waals surface area contributed by atoms with E-state index in [4.69, 9.17) is 0 Å². The molecule has 0 saturated heterocycles. The number of hydrazone groups is 1. The Balaban J connectivity index is 1.27. The molecule has 2 N–H and O–H groups in total. The minimum atomic E-state index is -0.451. The lowest BCUT2D eigenvalue weighted by Gasteiger charge is -2.21. The van der Waals surface area contributed by atoms with Gasteiger partial charge in [0.25, 0.3) is 5.69 Å². The molecule has 1 aliphatic heterocycles. The summed E-state index contributed by atoms with van der Waals surface area (Å²) >= 11 is 3.07. The summed E-state index contributed by atoms with van der Waals surface area (Å²) in [4.78, 5) is 17.2. The molecule has 2 heterocycles. The summed E-state index contributed by atoms with van der Waals surface area (Å²) in [5.74, 6) is 0. The number of aryl methyl sites for hydroxylation is 1. The molecule has 174 valence electrons. The first kappa shape index (κ1) is 22.7. The summed E-state index contributed by atoms with van der Waals surface area (Å²) in [7, 11) is 0. The number of benzene rings is 3. The van der Waals surface area contributed by atoms with E-state index < -0.39 is 4.92 Å². The van der Waals surface area contributed by atoms with Crippen molar-refractivity contribution in [3.8, 4) is 0 Å². The van der Waals surface area contributed by atoms with E-state index in [2.05, 4.69) is 61.4 Å². The summed E-state index contributed by atoms with van der Waals surface area (Å²) in [5, 5.41) is 28.4. The highest BCUT2D eigenvalue weighted by Crippen LogP contribution is 2.44. The van der Waals surface area contributed by atoms with Crippen molar-refractivity contribution < 1.29 is 4.92 Å². The number of hydrogen-bond donors (Lipinski definition) is 2. The highest BCUT2D eigenvalue weighted by Gasteiger charge is 2.16. The summed E-state index contributed by atoms with van der Waals surface area (Å²) in [6, 6.07) is 20.4. The highest BCUT2D eigenvalue weighted by atomic mass is 32.2. The number of thiazole rings is 1. The number of nitro benzene ring substituents is 1. The number of azo groups is 1. The van der Waals surface area contributed by atoms with Gasteiger partial charge in [0, 0.05) is 21.9 Å². The van der Waals surface area contributed by atoms with Crippen molar-refractivity contribution in [1.29, 1.82) is 0 Å². The lowest BCUT2D eigenvalue weighted by atomic mass is 10.1. The van der Waals surface area contributed by atoms with Crippen LogP contribution < -0.4 is 10.7 Å². The number of rotatable bonds is 6. The largest absolute Gasteiger partial charge is 0.354 e. The topological polar surface area (TPSA) is 117 Å². The molecule has 5 rings (SSSR count). The number of nitro groups is 1. The fourth-order valence-electron chi connectivity index (χ4n) is 3.33. The van der Waals surface area contributed by atoms with Crippen LogP contribution in [0.4, 0.5) is 32.9 Å². The molecule has 9 nitrogen and oxygen atoms in total. The number of para-hydroxylation sites is 1. The second-order valence-corrected chi connectivity index (χ2v) is 9.69. The van der Waals surface area contributed by atoms with Crippen molar-refractivity contribution in [3.63, 3.8) is 0 Å². The van der Waals surface area contributed by atoms with Crippen LogP contribution in [-0.2, 0) is 0 Å². The van der Waals surface area contributed by atoms with Gasteiger partial charge in [-0.1, -0.05) is 41.3 Å². The van der Waals surface area contributed by atoms with E-state index >= 15 is 0 Å². The van der Waals surface area contributed by atoms with Crippen LogP contribution in [0.5, 0.6) is 0 Å². The zero-order chi connectivity index (χ0) is 24.4. The van der Waals surface area contributed by atoms with Crippen molar-refractivity contribution in [2.24, 2.45) is 15.3 Å². The smallest absolute Gasteiger partial charge is 0.269 e. The fraction of sp³-hybridized carbons (Fsp3) is 0.0833. The van der Waals surface area contributed by atoms with Gasteiger partial charge in [-0.2, -0.15) is 5.10 Å². The number of aromatic nitrogens is 1. The van der Waals surface area contributed by atoms with Crippen LogP contribution in [0.2, 0.25) is 0 Å². The number of anilines is 3. The van der Waals surface area contributed by atoms with Crippen molar-refractivity contribution in [3.05, 3.63) is 88.1 Å². The van der Waals surface area contributed by atoms with E-state index in [1.165, 1.54) is 33.3 Å². The predicted molar refractivity (Wildman–Crippen MR) is 140 cm³/mol. The molecule has 1 aromatic heterocycles. The molecule has 0 spiro atoms. The third kappa shape index (κ3) is 5.05. The monoisotopic (exact) mass is 501 g/mol. The first-order valence-electron chi connectivity index (χ1n) is 10.6. The summed E-state index contributed by atoms with van der Waals surface area (Å²) in [5.41, 5.74) is 8.23. The minimum absolute atomic E-state index is 0.0101. The number of fused-ring (bicyclic) bond motifs is 2. The average molecular weight is 502 g/mol. The third-order valence-electron chi connectivity index (χ3n) is 5.18. The molecular weight excluding hydrogens is 482 g/mol. The van der Waals surface area contributed by atoms with Gasteiger partial charge in [0.2, 0.25) is 5.13 Å². The number of nitrogens with zero attached hydrogens (tertiary/aromatic N) is 5. The zero-order valence-corrected chi connectivity index (χ0v) is 20.4. The molecular formula is C24H19N7O2S2. The second-order valence-electron chi connectivity index (χ2n) is 7.63. The fourth-order valence-corrected chi connectivity index (χ4v) is 5.03. The molecule has 0 atom stereocenters. The lowest BCUT2D eigenvalue weighted by Crippen LogP contribution is -2.04. The molecule has 11 heteroatoms. The van der Waals surface area contributed by atoms with E-state index in [1.807, 2.05) is 26.0 Å². The van der Waals surface area contributed by atoms with Gasteiger partial charge in [-0.05, 0) is 55.8 Å². The molecule has 1 aliphatic rings. The van der Waals surface area contributed by atoms with Crippen LogP contribution in [0.15, 0.2) is 91.9 Å². The van der Waals surface area contributed by atoms with Gasteiger partial charge in [-0.15, -0.1) is 10.2 Å². The number of non-ortho nitro benzene ring substituents is 1. The SMILES string of the molecule is CC(=NNc1nc(C)c(N=Nc2ccc([N+](=O)[O-])cc2)s1)c1ccc2c(c1)Nc1ccccc1S2. The van der Waals surface area contributed by atoms with Gasteiger partial charge >= 0.3 is 0 Å². The molecule has 0 saturated carbocycles. The Labute approximate surface area is 209 Å². The van der Waals surface area contributed by atoms with Crippen molar-refractivity contribution in [1.82, 2.24) is 4.98 Å². The predicted octanol–water partition coefficient (Wildman–Crippen LogP) is 7.82. The van der Waals surface area contributed by atoms with Gasteiger partial charge < -0.3 is 5.32 Å². The normalized spacial score (nSPS) is 12.7. The summed E-state index contributed by atoms with van der Waals surface area (Å²) in [6.07, 6.45) is 0. The van der Waals surface area contributed by atoms with E-state index in [9.17, 15) is 10.1 Å². The minimum Gasteiger partial charge on any atom is -0.354 e. The molecule has 0 aliphatic carbocycles. The van der Waals surface area contributed by atoms with Gasteiger partial charge in [0.05, 0.1) is 33.4 Å². The van der Waals surface area contributed by atoms with E-state index in [0.29, 0.717) is 21.5 Å². The van der Waals surface area contributed by atoms with Crippen LogP contribution in [0.3, 0.4) is 0 Å². The van der Waals surface area contributed by atoms with E-state index in [-0.39, 0.29) is 5.69 Å². The first-order valence-corrected chi connectivity index (χ1v) is 12.2. The van der Waals surface area contributed by atoms with Crippen molar-refractivity contribution in [2.75, 3.05) is 10.7 Å². The Bertz CT molecular complexity index is 1480. The molecule has 0 fully saturated rings. The van der Waals surface area contributed by atoms with Crippen molar-refractivity contribution >= 4 is 61.7 Å². The molecule has 3 aromatic carbocycles. The van der Waals surface area contributed by atoms with Crippen LogP contribution in [0.25, 0.3) is 0 Å². The zero-order valence-electron chi connectivity index (χ0n) is 18.7. The van der Waals surface area contributed by atoms with E-state index in [0.717, 1.165) is 22.6 Å². The highest BCUT2D eigenvalue weighted by molar-refractivity contribution is 7.99. The molecule has 0 unspecified atom stereocenters. The molecule has 0 amide bonds. The Morgan fingerprint density at radius 1 is 1.03 bits per heavy atom. The maximum Gasteiger partial charge on any atom is 0.269 e. The number of hydrogen-bond acceptors (Lipinski definition) is 10. The number of nitrogens with one attached hydrogen (secondary N) is 2. The molecule has 0 bridgehead atoms. The average Bonchev–Trinajstić information content (AvgIpc) is 3.23. The van der Waals surface area contributed by atoms with E-state index in [1.54, 1.807) is 23.9 Å². The van der Waals surface area contributed by atoms with Crippen molar-refractivity contribution in [2.45, 2.75) is 23.6 Å². The standard InChI is InChI=1S/C24H19N7O2S2/c1-14(16-7-12-22-20(13-16)26-19-5-3-4-6-21(19)34-22)27-30-24-25-15(2)23(35-24)29-28-17-8-10-18(11-9-17)31(32)33/h3-13,26H,1-2H3,(H,25,30). The Hall–Kier alpha value is -4.09.